The Hall–Kier alpha value is -1.62. The summed E-state index contributed by atoms with van der Waals surface area (Å²) in [5, 5.41) is 11.7. The first-order valence-electron chi connectivity index (χ1n) is 5.69. The molecule has 18 heavy (non-hydrogen) atoms. The Morgan fingerprint density at radius 1 is 1.56 bits per heavy atom. The van der Waals surface area contributed by atoms with E-state index in [0.717, 1.165) is 0 Å². The van der Waals surface area contributed by atoms with E-state index >= 15 is 0 Å². The van der Waals surface area contributed by atoms with E-state index in [2.05, 4.69) is 5.32 Å². The molecular weight excluding hydrogens is 237 g/mol. The minimum atomic E-state index is -0.937. The van der Waals surface area contributed by atoms with Crippen LogP contribution in [0.4, 0.5) is 4.39 Å². The fourth-order valence-electron chi connectivity index (χ4n) is 1.70. The van der Waals surface area contributed by atoms with Crippen LogP contribution in [-0.2, 0) is 4.79 Å². The summed E-state index contributed by atoms with van der Waals surface area (Å²) in [4.78, 5) is 10.9. The van der Waals surface area contributed by atoms with E-state index < -0.39 is 17.6 Å². The fourth-order valence-corrected chi connectivity index (χ4v) is 1.70. The van der Waals surface area contributed by atoms with Gasteiger partial charge in [0.2, 0.25) is 0 Å². The van der Waals surface area contributed by atoms with Crippen LogP contribution in [-0.4, -0.2) is 29.8 Å². The van der Waals surface area contributed by atoms with Crippen molar-refractivity contribution in [3.63, 3.8) is 0 Å². The predicted molar refractivity (Wildman–Crippen MR) is 66.2 cm³/mol. The van der Waals surface area contributed by atoms with Gasteiger partial charge in [0.1, 0.15) is 23.2 Å². The van der Waals surface area contributed by atoms with Crippen molar-refractivity contribution in [3.05, 3.63) is 30.1 Å². The molecule has 5 heteroatoms. The molecule has 0 aliphatic rings. The summed E-state index contributed by atoms with van der Waals surface area (Å²) in [7, 11) is 1.58. The van der Waals surface area contributed by atoms with Gasteiger partial charge in [0, 0.05) is 12.5 Å². The number of aliphatic carboxylic acids is 1. The molecule has 0 spiro atoms. The quantitative estimate of drug-likeness (QED) is 0.816. The van der Waals surface area contributed by atoms with E-state index in [9.17, 15) is 9.18 Å². The van der Waals surface area contributed by atoms with E-state index in [4.69, 9.17) is 9.84 Å². The lowest BCUT2D eigenvalue weighted by atomic mass is 9.98. The van der Waals surface area contributed by atoms with Gasteiger partial charge < -0.3 is 15.2 Å². The van der Waals surface area contributed by atoms with E-state index in [1.807, 2.05) is 0 Å². The third kappa shape index (κ3) is 4.33. The monoisotopic (exact) mass is 255 g/mol. The first kappa shape index (κ1) is 14.4. The molecule has 0 amide bonds. The van der Waals surface area contributed by atoms with Gasteiger partial charge in [-0.2, -0.15) is 0 Å². The molecule has 0 fully saturated rings. The van der Waals surface area contributed by atoms with Crippen molar-refractivity contribution in [1.29, 1.82) is 0 Å². The Bertz CT molecular complexity index is 420. The minimum Gasteiger partial charge on any atom is -0.488 e. The molecule has 0 aliphatic heterocycles. The van der Waals surface area contributed by atoms with Crippen LogP contribution in [0.1, 0.15) is 20.3 Å². The highest BCUT2D eigenvalue weighted by atomic mass is 19.1. The SMILES string of the molecule is CNC(CC(C)(C)Oc1cccc(F)c1)C(=O)O. The summed E-state index contributed by atoms with van der Waals surface area (Å²) in [6, 6.07) is 5.09. The van der Waals surface area contributed by atoms with Gasteiger partial charge in [-0.3, -0.25) is 4.79 Å². The van der Waals surface area contributed by atoms with Gasteiger partial charge in [0.25, 0.3) is 0 Å². The zero-order chi connectivity index (χ0) is 13.8. The molecule has 4 nitrogen and oxygen atoms in total. The Labute approximate surface area is 106 Å². The van der Waals surface area contributed by atoms with Crippen LogP contribution in [0.3, 0.4) is 0 Å². The molecule has 0 bridgehead atoms. The Balaban J connectivity index is 2.72. The van der Waals surface area contributed by atoms with Crippen LogP contribution in [0.2, 0.25) is 0 Å². The molecule has 1 unspecified atom stereocenters. The standard InChI is InChI=1S/C13H18FNO3/c1-13(2,8-11(15-3)12(16)17)18-10-6-4-5-9(14)7-10/h4-7,11,15H,8H2,1-3H3,(H,16,17). The molecule has 0 heterocycles. The average Bonchev–Trinajstić information content (AvgIpc) is 2.25. The van der Waals surface area contributed by atoms with Gasteiger partial charge in [-0.15, -0.1) is 0 Å². The van der Waals surface area contributed by atoms with Crippen LogP contribution in [0, 0.1) is 5.82 Å². The Morgan fingerprint density at radius 3 is 2.72 bits per heavy atom. The van der Waals surface area contributed by atoms with Gasteiger partial charge in [0.15, 0.2) is 0 Å². The number of hydrogen-bond donors (Lipinski definition) is 2. The Kier molecular flexibility index (Phi) is 4.67. The number of nitrogens with one attached hydrogen (secondary N) is 1. The Morgan fingerprint density at radius 2 is 2.22 bits per heavy atom. The average molecular weight is 255 g/mol. The van der Waals surface area contributed by atoms with Crippen molar-refractivity contribution in [2.75, 3.05) is 7.05 Å². The molecule has 2 N–H and O–H groups in total. The number of hydrogen-bond acceptors (Lipinski definition) is 3. The number of halogens is 1. The molecule has 0 radical (unpaired) electrons. The van der Waals surface area contributed by atoms with Crippen LogP contribution >= 0.6 is 0 Å². The lowest BCUT2D eigenvalue weighted by Gasteiger charge is -2.29. The third-order valence-electron chi connectivity index (χ3n) is 2.53. The van der Waals surface area contributed by atoms with Gasteiger partial charge in [-0.05, 0) is 33.0 Å². The smallest absolute Gasteiger partial charge is 0.320 e. The van der Waals surface area contributed by atoms with Crippen LogP contribution in [0.5, 0.6) is 5.75 Å². The van der Waals surface area contributed by atoms with Crippen molar-refractivity contribution in [2.45, 2.75) is 31.9 Å². The predicted octanol–water partition coefficient (Wildman–Crippen LogP) is 2.05. The highest BCUT2D eigenvalue weighted by Crippen LogP contribution is 2.22. The van der Waals surface area contributed by atoms with Gasteiger partial charge in [-0.25, -0.2) is 4.39 Å². The van der Waals surface area contributed by atoms with Gasteiger partial charge >= 0.3 is 5.97 Å². The number of carboxylic acids is 1. The third-order valence-corrected chi connectivity index (χ3v) is 2.53. The summed E-state index contributed by atoms with van der Waals surface area (Å²) in [6.45, 7) is 3.54. The maximum Gasteiger partial charge on any atom is 0.320 e. The number of carbonyl (C=O) groups is 1. The van der Waals surface area contributed by atoms with Crippen molar-refractivity contribution in [2.24, 2.45) is 0 Å². The zero-order valence-electron chi connectivity index (χ0n) is 10.7. The lowest BCUT2D eigenvalue weighted by molar-refractivity contribution is -0.140. The molecule has 1 atom stereocenters. The second kappa shape index (κ2) is 5.82. The van der Waals surface area contributed by atoms with Crippen molar-refractivity contribution >= 4 is 5.97 Å². The van der Waals surface area contributed by atoms with Crippen molar-refractivity contribution in [1.82, 2.24) is 5.32 Å². The maximum absolute atomic E-state index is 13.0. The summed E-state index contributed by atoms with van der Waals surface area (Å²) < 4.78 is 18.6. The highest BCUT2D eigenvalue weighted by Gasteiger charge is 2.28. The van der Waals surface area contributed by atoms with Crippen molar-refractivity contribution in [3.8, 4) is 5.75 Å². The highest BCUT2D eigenvalue weighted by molar-refractivity contribution is 5.73. The fraction of sp³-hybridized carbons (Fsp3) is 0.462. The number of rotatable bonds is 6. The minimum absolute atomic E-state index is 0.273. The molecular formula is C13H18FNO3. The summed E-state index contributed by atoms with van der Waals surface area (Å²) in [5.74, 6) is -0.930. The molecule has 1 rings (SSSR count). The summed E-state index contributed by atoms with van der Waals surface area (Å²) in [6.07, 6.45) is 0.273. The molecule has 0 aliphatic carbocycles. The van der Waals surface area contributed by atoms with E-state index in [-0.39, 0.29) is 12.2 Å². The second-order valence-electron chi connectivity index (χ2n) is 4.70. The number of ether oxygens (including phenoxy) is 1. The van der Waals surface area contributed by atoms with E-state index in [0.29, 0.717) is 5.75 Å². The number of benzene rings is 1. The van der Waals surface area contributed by atoms with Crippen LogP contribution < -0.4 is 10.1 Å². The molecule has 1 aromatic rings. The topological polar surface area (TPSA) is 58.6 Å². The first-order valence-corrected chi connectivity index (χ1v) is 5.69. The molecule has 100 valence electrons. The van der Waals surface area contributed by atoms with Gasteiger partial charge in [-0.1, -0.05) is 6.07 Å². The molecule has 0 aromatic heterocycles. The second-order valence-corrected chi connectivity index (χ2v) is 4.70. The first-order chi connectivity index (χ1) is 8.34. The molecule has 0 saturated heterocycles. The number of likely N-dealkylation sites (N-methyl/N-ethyl adjacent to an activating group) is 1. The van der Waals surface area contributed by atoms with Crippen molar-refractivity contribution < 1.29 is 19.0 Å². The number of carboxylic acid groups (broad SMARTS) is 1. The van der Waals surface area contributed by atoms with Crippen LogP contribution in [0.15, 0.2) is 24.3 Å². The van der Waals surface area contributed by atoms with E-state index in [1.165, 1.54) is 12.1 Å². The van der Waals surface area contributed by atoms with Gasteiger partial charge in [0.05, 0.1) is 0 Å². The lowest BCUT2D eigenvalue weighted by Crippen LogP contribution is -2.42. The summed E-state index contributed by atoms with van der Waals surface area (Å²) in [5.41, 5.74) is -0.708. The zero-order valence-corrected chi connectivity index (χ0v) is 10.7. The maximum atomic E-state index is 13.0. The van der Waals surface area contributed by atoms with E-state index in [1.54, 1.807) is 33.0 Å². The molecule has 1 aromatic carbocycles. The molecule has 0 saturated carbocycles. The van der Waals surface area contributed by atoms with Crippen LogP contribution in [0.25, 0.3) is 0 Å². The largest absolute Gasteiger partial charge is 0.488 e. The summed E-state index contributed by atoms with van der Waals surface area (Å²) >= 11 is 0. The normalized spacial score (nSPS) is 13.1.